The zero-order valence-electron chi connectivity index (χ0n) is 12.6. The van der Waals surface area contributed by atoms with E-state index in [2.05, 4.69) is 5.32 Å². The molecule has 2 aromatic carbocycles. The molecule has 0 saturated carbocycles. The monoisotopic (exact) mass is 337 g/mol. The molecule has 122 valence electrons. The van der Waals surface area contributed by atoms with Crippen LogP contribution in [-0.4, -0.2) is 25.0 Å². The minimum absolute atomic E-state index is 0.0488. The van der Waals surface area contributed by atoms with Crippen LogP contribution in [0.5, 0.6) is 0 Å². The molecule has 0 unspecified atom stereocenters. The van der Waals surface area contributed by atoms with Crippen LogP contribution in [-0.2, 0) is 14.6 Å². The Morgan fingerprint density at radius 3 is 2.22 bits per heavy atom. The highest BCUT2D eigenvalue weighted by atomic mass is 32.2. The molecule has 7 heteroatoms. The average Bonchev–Trinajstić information content (AvgIpc) is 2.49. The Hall–Kier alpha value is -2.25. The van der Waals surface area contributed by atoms with Gasteiger partial charge in [0.15, 0.2) is 0 Å². The quantitative estimate of drug-likeness (QED) is 0.897. The fourth-order valence-corrected chi connectivity index (χ4v) is 3.07. The normalized spacial score (nSPS) is 12.0. The third kappa shape index (κ3) is 3.75. The maximum atomic E-state index is 14.1. The lowest BCUT2D eigenvalue weighted by Crippen LogP contribution is -2.36. The minimum atomic E-state index is -3.84. The van der Waals surface area contributed by atoms with Crippen LogP contribution in [0.15, 0.2) is 58.3 Å². The summed E-state index contributed by atoms with van der Waals surface area (Å²) < 4.78 is 38.9. The lowest BCUT2D eigenvalue weighted by atomic mass is 10.1. The molecular weight excluding hydrogens is 321 g/mol. The van der Waals surface area contributed by atoms with Crippen LogP contribution in [0.3, 0.4) is 0 Å². The second-order valence-corrected chi connectivity index (χ2v) is 7.42. The predicted octanol–water partition coefficient (Wildman–Crippen LogP) is 2.37. The van der Waals surface area contributed by atoms with Crippen molar-refractivity contribution < 1.29 is 22.7 Å². The number of hydrogen-bond acceptors (Lipinski definition) is 4. The summed E-state index contributed by atoms with van der Waals surface area (Å²) in [5.41, 5.74) is -1.88. The molecule has 0 aromatic heterocycles. The van der Waals surface area contributed by atoms with E-state index >= 15 is 0 Å². The topological polar surface area (TPSA) is 83.5 Å². The third-order valence-electron chi connectivity index (χ3n) is 3.11. The summed E-state index contributed by atoms with van der Waals surface area (Å²) in [7, 11) is -3.84. The van der Waals surface area contributed by atoms with Gasteiger partial charge in [-0.3, -0.25) is 4.79 Å². The van der Waals surface area contributed by atoms with E-state index in [-0.39, 0.29) is 15.5 Å². The summed E-state index contributed by atoms with van der Waals surface area (Å²) in [6.45, 7) is 2.52. The second kappa shape index (κ2) is 6.10. The summed E-state index contributed by atoms with van der Waals surface area (Å²) >= 11 is 0. The van der Waals surface area contributed by atoms with Crippen molar-refractivity contribution in [3.8, 4) is 0 Å². The molecule has 0 bridgehead atoms. The van der Waals surface area contributed by atoms with Crippen LogP contribution < -0.4 is 5.32 Å². The van der Waals surface area contributed by atoms with Gasteiger partial charge in [0, 0.05) is 0 Å². The minimum Gasteiger partial charge on any atom is -0.381 e. The van der Waals surface area contributed by atoms with Crippen molar-refractivity contribution in [2.24, 2.45) is 0 Å². The van der Waals surface area contributed by atoms with Crippen LogP contribution in [0.25, 0.3) is 0 Å². The highest BCUT2D eigenvalue weighted by Gasteiger charge is 2.25. The summed E-state index contributed by atoms with van der Waals surface area (Å²) in [5, 5.41) is 11.8. The molecule has 0 saturated heterocycles. The van der Waals surface area contributed by atoms with Crippen LogP contribution in [0.1, 0.15) is 13.8 Å². The van der Waals surface area contributed by atoms with Crippen molar-refractivity contribution in [1.29, 1.82) is 0 Å². The number of rotatable bonds is 4. The van der Waals surface area contributed by atoms with Gasteiger partial charge in [0.2, 0.25) is 9.84 Å². The van der Waals surface area contributed by atoms with Gasteiger partial charge in [-0.1, -0.05) is 18.2 Å². The Morgan fingerprint density at radius 2 is 1.70 bits per heavy atom. The van der Waals surface area contributed by atoms with E-state index in [1.54, 1.807) is 18.2 Å². The van der Waals surface area contributed by atoms with E-state index in [4.69, 9.17) is 0 Å². The molecule has 0 spiro atoms. The van der Waals surface area contributed by atoms with Gasteiger partial charge in [-0.15, -0.1) is 0 Å². The van der Waals surface area contributed by atoms with Crippen molar-refractivity contribution in [3.63, 3.8) is 0 Å². The molecule has 5 nitrogen and oxygen atoms in total. The smallest absolute Gasteiger partial charge is 0.255 e. The second-order valence-electron chi connectivity index (χ2n) is 5.47. The Kier molecular flexibility index (Phi) is 4.53. The van der Waals surface area contributed by atoms with Gasteiger partial charge in [0.1, 0.15) is 11.4 Å². The molecule has 0 atom stereocenters. The van der Waals surface area contributed by atoms with Gasteiger partial charge in [-0.2, -0.15) is 0 Å². The molecule has 0 heterocycles. The molecule has 2 aromatic rings. The molecule has 0 aliphatic rings. The number of nitrogens with one attached hydrogen (secondary N) is 1. The van der Waals surface area contributed by atoms with E-state index in [9.17, 15) is 22.7 Å². The third-order valence-corrected chi connectivity index (χ3v) is 4.88. The summed E-state index contributed by atoms with van der Waals surface area (Å²) in [6, 6.07) is 10.8. The van der Waals surface area contributed by atoms with Gasteiger partial charge in [0.05, 0.1) is 15.5 Å². The summed E-state index contributed by atoms with van der Waals surface area (Å²) in [4.78, 5) is 11.5. The molecule has 0 fully saturated rings. The maximum Gasteiger partial charge on any atom is 0.255 e. The van der Waals surface area contributed by atoms with Crippen LogP contribution in [0.2, 0.25) is 0 Å². The van der Waals surface area contributed by atoms with E-state index in [0.717, 1.165) is 12.1 Å². The number of benzene rings is 2. The predicted molar refractivity (Wildman–Crippen MR) is 83.2 cm³/mol. The lowest BCUT2D eigenvalue weighted by molar-refractivity contribution is -0.130. The van der Waals surface area contributed by atoms with Gasteiger partial charge < -0.3 is 10.4 Å². The Balaban J connectivity index is 2.35. The Labute approximate surface area is 133 Å². The number of aliphatic hydroxyl groups is 1. The lowest BCUT2D eigenvalue weighted by Gasteiger charge is -2.17. The highest BCUT2D eigenvalue weighted by Crippen LogP contribution is 2.25. The van der Waals surface area contributed by atoms with Gasteiger partial charge in [-0.05, 0) is 44.2 Å². The van der Waals surface area contributed by atoms with Crippen LogP contribution in [0, 0.1) is 5.82 Å². The first-order valence-corrected chi connectivity index (χ1v) is 8.24. The number of sulfone groups is 1. The zero-order valence-corrected chi connectivity index (χ0v) is 13.4. The first kappa shape index (κ1) is 17.1. The molecule has 0 aliphatic heterocycles. The van der Waals surface area contributed by atoms with Crippen molar-refractivity contribution >= 4 is 21.4 Å². The number of anilines is 1. The number of hydrogen-bond donors (Lipinski definition) is 2. The van der Waals surface area contributed by atoms with Crippen molar-refractivity contribution in [3.05, 3.63) is 54.3 Å². The SMILES string of the molecule is CC(C)(O)C(=O)Nc1ccc(S(=O)(=O)c2ccccc2)cc1F. The van der Waals surface area contributed by atoms with Crippen molar-refractivity contribution in [1.82, 2.24) is 0 Å². The first-order valence-electron chi connectivity index (χ1n) is 6.76. The number of halogens is 1. The van der Waals surface area contributed by atoms with E-state index in [1.807, 2.05) is 0 Å². The highest BCUT2D eigenvalue weighted by molar-refractivity contribution is 7.91. The fourth-order valence-electron chi connectivity index (χ4n) is 1.78. The summed E-state index contributed by atoms with van der Waals surface area (Å²) in [6.07, 6.45) is 0. The summed E-state index contributed by atoms with van der Waals surface area (Å²) in [5.74, 6) is -1.70. The molecule has 2 N–H and O–H groups in total. The zero-order chi connectivity index (χ0) is 17.3. The number of carbonyl (C=O) groups excluding carboxylic acids is 1. The van der Waals surface area contributed by atoms with E-state index < -0.39 is 27.2 Å². The molecular formula is C16H16FNO4S. The van der Waals surface area contributed by atoms with Crippen LogP contribution in [0.4, 0.5) is 10.1 Å². The van der Waals surface area contributed by atoms with Gasteiger partial charge in [-0.25, -0.2) is 12.8 Å². The van der Waals surface area contributed by atoms with E-state index in [0.29, 0.717) is 0 Å². The number of carbonyl (C=O) groups is 1. The molecule has 2 rings (SSSR count). The molecule has 23 heavy (non-hydrogen) atoms. The Bertz CT molecular complexity index is 827. The number of amides is 1. The molecule has 0 aliphatic carbocycles. The first-order chi connectivity index (χ1) is 10.6. The fraction of sp³-hybridized carbons (Fsp3) is 0.188. The van der Waals surface area contributed by atoms with Crippen molar-refractivity contribution in [2.75, 3.05) is 5.32 Å². The van der Waals surface area contributed by atoms with Gasteiger partial charge in [0.25, 0.3) is 5.91 Å². The molecule has 1 amide bonds. The van der Waals surface area contributed by atoms with E-state index in [1.165, 1.54) is 32.0 Å². The van der Waals surface area contributed by atoms with Gasteiger partial charge >= 0.3 is 0 Å². The standard InChI is InChI=1S/C16H16FNO4S/c1-16(2,20)15(19)18-14-9-8-12(10-13(14)17)23(21,22)11-6-4-3-5-7-11/h3-10,20H,1-2H3,(H,18,19). The maximum absolute atomic E-state index is 14.1. The molecule has 0 radical (unpaired) electrons. The van der Waals surface area contributed by atoms with Crippen LogP contribution >= 0.6 is 0 Å². The Morgan fingerprint density at radius 1 is 1.09 bits per heavy atom. The largest absolute Gasteiger partial charge is 0.381 e. The van der Waals surface area contributed by atoms with Crippen molar-refractivity contribution in [2.45, 2.75) is 29.2 Å². The average molecular weight is 337 g/mol.